The van der Waals surface area contributed by atoms with E-state index >= 15 is 0 Å². The van der Waals surface area contributed by atoms with E-state index in [4.69, 9.17) is 5.64 Å². The van der Waals surface area contributed by atoms with Crippen LogP contribution in [0.25, 0.3) is 0 Å². The molecule has 2 nitrogen and oxygen atoms in total. The fraction of sp³-hybridized carbons (Fsp3) is 1.00. The van der Waals surface area contributed by atoms with Gasteiger partial charge in [-0.2, -0.15) is 0 Å². The van der Waals surface area contributed by atoms with E-state index in [2.05, 4.69) is 4.90 Å². The van der Waals surface area contributed by atoms with Gasteiger partial charge in [-0.25, -0.2) is 0 Å². The van der Waals surface area contributed by atoms with Gasteiger partial charge in [-0.3, -0.25) is 0 Å². The van der Waals surface area contributed by atoms with E-state index < -0.39 is 0 Å². The Morgan fingerprint density at radius 3 is 2.25 bits per heavy atom. The molecule has 0 saturated heterocycles. The second kappa shape index (κ2) is 2.66. The van der Waals surface area contributed by atoms with Gasteiger partial charge < -0.3 is 0 Å². The number of hydrogen-bond donors (Lipinski definition) is 1. The van der Waals surface area contributed by atoms with Crippen LogP contribution in [0.1, 0.15) is 0 Å². The Balaban J connectivity index is 2.55. The van der Waals surface area contributed by atoms with Crippen molar-refractivity contribution in [3.63, 3.8) is 0 Å². The predicted octanol–water partition coefficient (Wildman–Crippen LogP) is -0.622. The molecule has 0 unspecified atom stereocenters. The van der Waals surface area contributed by atoms with Crippen LogP contribution in [0.4, 0.5) is 0 Å². The van der Waals surface area contributed by atoms with E-state index in [0.29, 0.717) is 0 Å². The van der Waals surface area contributed by atoms with Gasteiger partial charge in [-0.05, 0) is 0 Å². The van der Waals surface area contributed by atoms with Gasteiger partial charge in [-0.1, -0.05) is 0 Å². The third kappa shape index (κ3) is 1.66. The van der Waals surface area contributed by atoms with Crippen molar-refractivity contribution in [2.45, 2.75) is 0 Å². The molecule has 22 valence electrons. The topological polar surface area (TPSA) is 38.4 Å². The summed E-state index contributed by atoms with van der Waals surface area (Å²) in [4.78, 5) is 3.39. The molecular weight excluding hydrogens is 50.8 g/mol. The quantitative estimate of drug-likeness (QED) is 0.369. The van der Waals surface area contributed by atoms with Gasteiger partial charge in [0.2, 0.25) is 0 Å². The van der Waals surface area contributed by atoms with Crippen LogP contribution in [0.15, 0.2) is 4.90 Å². The Kier molecular flexibility index (Phi) is 2.44. The SMILES string of the molecule is CN=BN. The van der Waals surface area contributed by atoms with Crippen molar-refractivity contribution in [1.29, 1.82) is 0 Å². The molecule has 0 bridgehead atoms. The molecule has 3 heteroatoms. The average molecular weight is 55.9 g/mol. The molecule has 0 atom stereocenters. The number of nitrogens with zero attached hydrogens (tertiary/aromatic N) is 1. The van der Waals surface area contributed by atoms with Gasteiger partial charge in [0.15, 0.2) is 0 Å². The second-order valence-electron chi connectivity index (χ2n) is 0.407. The van der Waals surface area contributed by atoms with Crippen LogP contribution >= 0.6 is 0 Å². The summed E-state index contributed by atoms with van der Waals surface area (Å²) in [5.41, 5.74) is 4.74. The maximum absolute atomic E-state index is 4.74. The van der Waals surface area contributed by atoms with Crippen LogP contribution in [-0.4, -0.2) is 14.3 Å². The number of nitrogens with two attached hydrogens (primary N) is 1. The summed E-state index contributed by atoms with van der Waals surface area (Å²) in [6.45, 7) is 0. The third-order valence-electron chi connectivity index (χ3n) is 0.149. The molecule has 0 aromatic rings. The van der Waals surface area contributed by atoms with Crippen LogP contribution in [-0.2, 0) is 0 Å². The third-order valence-corrected chi connectivity index (χ3v) is 0.149. The van der Waals surface area contributed by atoms with Crippen molar-refractivity contribution < 1.29 is 0 Å². The Labute approximate surface area is 26.0 Å². The Morgan fingerprint density at radius 2 is 2.25 bits per heavy atom. The summed E-state index contributed by atoms with van der Waals surface area (Å²) in [5.74, 6) is 0. The van der Waals surface area contributed by atoms with Crippen molar-refractivity contribution in [2.75, 3.05) is 7.05 Å². The van der Waals surface area contributed by atoms with Gasteiger partial charge in [-0.15, -0.1) is 0 Å². The van der Waals surface area contributed by atoms with Crippen LogP contribution in [0.5, 0.6) is 0 Å². The van der Waals surface area contributed by atoms with Gasteiger partial charge >= 0.3 is 24.8 Å². The van der Waals surface area contributed by atoms with E-state index in [9.17, 15) is 0 Å². The van der Waals surface area contributed by atoms with Gasteiger partial charge in [0.1, 0.15) is 0 Å². The molecule has 0 spiro atoms. The van der Waals surface area contributed by atoms with Crippen molar-refractivity contribution in [2.24, 2.45) is 10.5 Å². The zero-order chi connectivity index (χ0) is 3.41. The van der Waals surface area contributed by atoms with Crippen molar-refractivity contribution >= 4 is 7.21 Å². The standard InChI is InChI=1S/CH5BN2/c1-4-2-3/h3H2,1H3. The van der Waals surface area contributed by atoms with E-state index in [-0.39, 0.29) is 0 Å². The minimum atomic E-state index is 1.25. The average Bonchev–Trinajstić information content (AvgIpc) is 1.37. The van der Waals surface area contributed by atoms with Crippen molar-refractivity contribution in [1.82, 2.24) is 0 Å². The van der Waals surface area contributed by atoms with Crippen LogP contribution in [0.3, 0.4) is 0 Å². The monoisotopic (exact) mass is 56.1 g/mol. The molecule has 0 fully saturated rings. The predicted molar refractivity (Wildman–Crippen MR) is 18.3 cm³/mol. The van der Waals surface area contributed by atoms with E-state index in [1.165, 1.54) is 7.21 Å². The van der Waals surface area contributed by atoms with E-state index in [1.807, 2.05) is 0 Å². The maximum atomic E-state index is 4.74. The molecule has 0 aromatic heterocycles. The zero-order valence-electron chi connectivity index (χ0n) is 2.60. The molecule has 0 aromatic carbocycles. The first-order valence-electron chi connectivity index (χ1n) is 1.04. The molecule has 0 saturated carbocycles. The second-order valence-corrected chi connectivity index (χ2v) is 0.407. The van der Waals surface area contributed by atoms with E-state index in [1.54, 1.807) is 7.05 Å². The van der Waals surface area contributed by atoms with Crippen LogP contribution in [0, 0.1) is 0 Å². The minimum absolute atomic E-state index is 1.25. The van der Waals surface area contributed by atoms with Gasteiger partial charge in [0.25, 0.3) is 0 Å². The molecule has 2 N–H and O–H groups in total. The summed E-state index contributed by atoms with van der Waals surface area (Å²) in [7, 11) is 2.88. The molecular formula is CH5BN2. The Hall–Kier alpha value is -0.335. The van der Waals surface area contributed by atoms with Crippen molar-refractivity contribution in [3.05, 3.63) is 0 Å². The molecule has 0 amide bonds. The zero-order valence-corrected chi connectivity index (χ0v) is 2.60. The van der Waals surface area contributed by atoms with Gasteiger partial charge in [0.05, 0.1) is 0 Å². The normalized spacial score (nSPS) is 7.25. The summed E-state index contributed by atoms with van der Waals surface area (Å²) in [6.07, 6.45) is 0. The molecule has 4 heavy (non-hydrogen) atoms. The fourth-order valence-corrected chi connectivity index (χ4v) is 0. The number of rotatable bonds is 0. The fourth-order valence-electron chi connectivity index (χ4n) is 0. The summed E-state index contributed by atoms with van der Waals surface area (Å²) < 4.78 is 0. The molecule has 0 rings (SSSR count). The molecule has 0 aliphatic heterocycles. The first-order valence-corrected chi connectivity index (χ1v) is 1.04. The molecule has 0 heterocycles. The Bertz CT molecular complexity index is 21.2. The van der Waals surface area contributed by atoms with Crippen molar-refractivity contribution in [3.8, 4) is 0 Å². The molecule has 0 radical (unpaired) electrons. The summed E-state index contributed by atoms with van der Waals surface area (Å²) >= 11 is 0. The summed E-state index contributed by atoms with van der Waals surface area (Å²) in [5, 5.41) is 0. The number of hydrogen-bond acceptors (Lipinski definition) is 1. The molecule has 0 aliphatic carbocycles. The summed E-state index contributed by atoms with van der Waals surface area (Å²) in [6, 6.07) is 0. The first kappa shape index (κ1) is 3.66. The Morgan fingerprint density at radius 1 is 2.00 bits per heavy atom. The molecule has 0 aliphatic rings. The van der Waals surface area contributed by atoms with Crippen LogP contribution < -0.4 is 5.64 Å². The first-order chi connectivity index (χ1) is 1.91. The van der Waals surface area contributed by atoms with Gasteiger partial charge in [0, 0.05) is 0 Å². The van der Waals surface area contributed by atoms with E-state index in [0.717, 1.165) is 0 Å². The van der Waals surface area contributed by atoms with Crippen LogP contribution in [0.2, 0.25) is 0 Å².